The third-order valence-electron chi connectivity index (χ3n) is 4.24. The topological polar surface area (TPSA) is 50.7 Å². The van der Waals surface area contributed by atoms with E-state index >= 15 is 0 Å². The molecule has 114 valence electrons. The summed E-state index contributed by atoms with van der Waals surface area (Å²) in [6.45, 7) is 3.07. The van der Waals surface area contributed by atoms with Crippen molar-refractivity contribution >= 4 is 0 Å². The molecule has 0 amide bonds. The van der Waals surface area contributed by atoms with Gasteiger partial charge in [-0.3, -0.25) is 0 Å². The molecule has 0 spiro atoms. The lowest BCUT2D eigenvalue weighted by Crippen LogP contribution is -2.26. The van der Waals surface area contributed by atoms with E-state index in [1.807, 2.05) is 6.07 Å². The van der Waals surface area contributed by atoms with Gasteiger partial charge in [-0.2, -0.15) is 0 Å². The van der Waals surface area contributed by atoms with Crippen LogP contribution >= 0.6 is 0 Å². The van der Waals surface area contributed by atoms with Gasteiger partial charge in [-0.15, -0.1) is 0 Å². The van der Waals surface area contributed by atoms with Crippen molar-refractivity contribution in [2.75, 3.05) is 13.7 Å². The quantitative estimate of drug-likeness (QED) is 0.815. The summed E-state index contributed by atoms with van der Waals surface area (Å²) in [5.74, 6) is 2.18. The van der Waals surface area contributed by atoms with Gasteiger partial charge in [0.15, 0.2) is 0 Å². The standard InChI is InChI=1S/C17H23NO3/c1-11-5-13-7-16(20-2)8-14(17(13)21-11)9-18-15-4-3-12(6-15)10-19/h3-4,7-8,11-12,15,18-19H,5-6,9-10H2,1-2H3/t11?,12-,15+/m0/s1. The Balaban J connectivity index is 1.71. The number of benzene rings is 1. The van der Waals surface area contributed by atoms with Gasteiger partial charge in [0.25, 0.3) is 0 Å². The van der Waals surface area contributed by atoms with Crippen molar-refractivity contribution < 1.29 is 14.6 Å². The summed E-state index contributed by atoms with van der Waals surface area (Å²) < 4.78 is 11.3. The third kappa shape index (κ3) is 3.06. The van der Waals surface area contributed by atoms with Gasteiger partial charge in [-0.1, -0.05) is 12.2 Å². The molecule has 3 atom stereocenters. The van der Waals surface area contributed by atoms with Crippen molar-refractivity contribution in [3.8, 4) is 11.5 Å². The highest BCUT2D eigenvalue weighted by Gasteiger charge is 2.24. The fraction of sp³-hybridized carbons (Fsp3) is 0.529. The normalized spacial score (nSPS) is 26.7. The monoisotopic (exact) mass is 289 g/mol. The molecule has 0 bridgehead atoms. The zero-order chi connectivity index (χ0) is 14.8. The zero-order valence-corrected chi connectivity index (χ0v) is 12.6. The van der Waals surface area contributed by atoms with E-state index in [2.05, 4.69) is 30.5 Å². The Morgan fingerprint density at radius 2 is 2.24 bits per heavy atom. The van der Waals surface area contributed by atoms with Gasteiger partial charge < -0.3 is 19.9 Å². The third-order valence-corrected chi connectivity index (χ3v) is 4.24. The van der Waals surface area contributed by atoms with Gasteiger partial charge in [0, 0.05) is 42.7 Å². The summed E-state index contributed by atoms with van der Waals surface area (Å²) in [7, 11) is 1.70. The van der Waals surface area contributed by atoms with Crippen LogP contribution in [-0.2, 0) is 13.0 Å². The molecule has 0 saturated heterocycles. The minimum atomic E-state index is 0.226. The summed E-state index contributed by atoms with van der Waals surface area (Å²) in [6, 6.07) is 4.44. The van der Waals surface area contributed by atoms with Gasteiger partial charge in [-0.05, 0) is 25.5 Å². The van der Waals surface area contributed by atoms with Crippen molar-refractivity contribution in [3.63, 3.8) is 0 Å². The maximum absolute atomic E-state index is 9.18. The van der Waals surface area contributed by atoms with E-state index in [9.17, 15) is 5.11 Å². The fourth-order valence-electron chi connectivity index (χ4n) is 3.13. The average molecular weight is 289 g/mol. The number of fused-ring (bicyclic) bond motifs is 1. The predicted molar refractivity (Wildman–Crippen MR) is 81.7 cm³/mol. The Kier molecular flexibility index (Phi) is 4.17. The summed E-state index contributed by atoms with van der Waals surface area (Å²) in [6.07, 6.45) is 6.36. The number of ether oxygens (including phenoxy) is 2. The van der Waals surface area contributed by atoms with E-state index in [-0.39, 0.29) is 18.6 Å². The number of nitrogens with one attached hydrogen (secondary N) is 1. The zero-order valence-electron chi connectivity index (χ0n) is 12.6. The van der Waals surface area contributed by atoms with E-state index in [0.717, 1.165) is 36.4 Å². The summed E-state index contributed by atoms with van der Waals surface area (Å²) in [5, 5.41) is 12.7. The first-order valence-electron chi connectivity index (χ1n) is 7.58. The second-order valence-corrected chi connectivity index (χ2v) is 5.96. The predicted octanol–water partition coefficient (Wildman–Crippen LogP) is 2.05. The molecule has 4 heteroatoms. The number of aliphatic hydroxyl groups excluding tert-OH is 1. The molecule has 1 aromatic carbocycles. The maximum Gasteiger partial charge on any atom is 0.127 e. The molecular formula is C17H23NO3. The van der Waals surface area contributed by atoms with Crippen LogP contribution in [0.3, 0.4) is 0 Å². The molecule has 2 N–H and O–H groups in total. The smallest absolute Gasteiger partial charge is 0.127 e. The van der Waals surface area contributed by atoms with Crippen molar-refractivity contribution in [1.82, 2.24) is 5.32 Å². The molecule has 4 nitrogen and oxygen atoms in total. The minimum absolute atomic E-state index is 0.226. The minimum Gasteiger partial charge on any atom is -0.497 e. The summed E-state index contributed by atoms with van der Waals surface area (Å²) in [4.78, 5) is 0. The molecule has 3 rings (SSSR count). The van der Waals surface area contributed by atoms with Crippen LogP contribution in [0.5, 0.6) is 11.5 Å². The Morgan fingerprint density at radius 3 is 2.95 bits per heavy atom. The number of hydrogen-bond donors (Lipinski definition) is 2. The van der Waals surface area contributed by atoms with Crippen LogP contribution in [0, 0.1) is 5.92 Å². The second-order valence-electron chi connectivity index (χ2n) is 5.96. The average Bonchev–Trinajstić information content (AvgIpc) is 3.09. The number of aliphatic hydroxyl groups is 1. The van der Waals surface area contributed by atoms with E-state index in [1.165, 1.54) is 5.56 Å². The molecular weight excluding hydrogens is 266 g/mol. The first-order valence-corrected chi connectivity index (χ1v) is 7.58. The molecule has 1 aliphatic carbocycles. The number of hydrogen-bond acceptors (Lipinski definition) is 4. The van der Waals surface area contributed by atoms with Gasteiger partial charge in [0.2, 0.25) is 0 Å². The van der Waals surface area contributed by atoms with Crippen molar-refractivity contribution in [2.24, 2.45) is 5.92 Å². The van der Waals surface area contributed by atoms with Crippen LogP contribution in [0.4, 0.5) is 0 Å². The lowest BCUT2D eigenvalue weighted by molar-refractivity contribution is 0.245. The van der Waals surface area contributed by atoms with Crippen LogP contribution in [0.2, 0.25) is 0 Å². The van der Waals surface area contributed by atoms with E-state index in [0.29, 0.717) is 6.04 Å². The Morgan fingerprint density at radius 1 is 1.38 bits per heavy atom. The molecule has 0 aromatic heterocycles. The molecule has 0 fully saturated rings. The van der Waals surface area contributed by atoms with Crippen LogP contribution in [0.1, 0.15) is 24.5 Å². The lowest BCUT2D eigenvalue weighted by atomic mass is 10.0. The lowest BCUT2D eigenvalue weighted by Gasteiger charge is -2.16. The van der Waals surface area contributed by atoms with Crippen LogP contribution < -0.4 is 14.8 Å². The Hall–Kier alpha value is -1.52. The molecule has 2 aliphatic rings. The van der Waals surface area contributed by atoms with Crippen molar-refractivity contribution in [1.29, 1.82) is 0 Å². The molecule has 0 radical (unpaired) electrons. The highest BCUT2D eigenvalue weighted by atomic mass is 16.5. The van der Waals surface area contributed by atoms with Crippen LogP contribution in [0.15, 0.2) is 24.3 Å². The maximum atomic E-state index is 9.18. The van der Waals surface area contributed by atoms with E-state index < -0.39 is 0 Å². The molecule has 1 heterocycles. The molecule has 1 unspecified atom stereocenters. The highest BCUT2D eigenvalue weighted by molar-refractivity contribution is 5.49. The van der Waals surface area contributed by atoms with Gasteiger partial charge in [0.1, 0.15) is 17.6 Å². The van der Waals surface area contributed by atoms with Crippen molar-refractivity contribution in [2.45, 2.75) is 38.5 Å². The molecule has 1 aliphatic heterocycles. The summed E-state index contributed by atoms with van der Waals surface area (Å²) >= 11 is 0. The summed E-state index contributed by atoms with van der Waals surface area (Å²) in [5.41, 5.74) is 2.38. The molecule has 0 saturated carbocycles. The number of methoxy groups -OCH3 is 1. The van der Waals surface area contributed by atoms with Crippen LogP contribution in [-0.4, -0.2) is 31.0 Å². The molecule has 1 aromatic rings. The highest BCUT2D eigenvalue weighted by Crippen LogP contribution is 2.36. The van der Waals surface area contributed by atoms with Gasteiger partial charge in [-0.25, -0.2) is 0 Å². The van der Waals surface area contributed by atoms with Crippen molar-refractivity contribution in [3.05, 3.63) is 35.4 Å². The first-order chi connectivity index (χ1) is 10.2. The van der Waals surface area contributed by atoms with Gasteiger partial charge >= 0.3 is 0 Å². The SMILES string of the molecule is COc1cc(CN[C@@H]2C=C[C@H](CO)C2)c2c(c1)CC(C)O2. The fourth-order valence-corrected chi connectivity index (χ4v) is 3.13. The second kappa shape index (κ2) is 6.08. The van der Waals surface area contributed by atoms with Gasteiger partial charge in [0.05, 0.1) is 7.11 Å². The Bertz CT molecular complexity index is 541. The van der Waals surface area contributed by atoms with E-state index in [4.69, 9.17) is 9.47 Å². The van der Waals surface area contributed by atoms with Crippen LogP contribution in [0.25, 0.3) is 0 Å². The number of rotatable bonds is 5. The Labute approximate surface area is 125 Å². The molecule has 21 heavy (non-hydrogen) atoms. The van der Waals surface area contributed by atoms with E-state index in [1.54, 1.807) is 7.11 Å². The largest absolute Gasteiger partial charge is 0.497 e. The first kappa shape index (κ1) is 14.4.